The van der Waals surface area contributed by atoms with Crippen molar-refractivity contribution >= 4 is 11.1 Å². The highest BCUT2D eigenvalue weighted by atomic mass is 14.2. The summed E-state index contributed by atoms with van der Waals surface area (Å²) in [6.45, 7) is 4.49. The molecule has 0 bridgehead atoms. The van der Waals surface area contributed by atoms with Gasteiger partial charge in [0.15, 0.2) is 0 Å². The predicted molar refractivity (Wildman–Crippen MR) is 82.7 cm³/mol. The fourth-order valence-electron chi connectivity index (χ4n) is 2.81. The van der Waals surface area contributed by atoms with Crippen LogP contribution in [0.5, 0.6) is 0 Å². The van der Waals surface area contributed by atoms with Crippen LogP contribution in [0.3, 0.4) is 0 Å². The number of allylic oxidation sites excluding steroid dienone is 4. The maximum atomic E-state index is 2.24. The van der Waals surface area contributed by atoms with Gasteiger partial charge in [-0.2, -0.15) is 0 Å². The van der Waals surface area contributed by atoms with E-state index in [1.807, 2.05) is 0 Å². The summed E-state index contributed by atoms with van der Waals surface area (Å²) < 4.78 is 0. The molecular weight excluding hydrogens is 228 g/mol. The van der Waals surface area contributed by atoms with Crippen LogP contribution < -0.4 is 0 Å². The van der Waals surface area contributed by atoms with Gasteiger partial charge in [-0.1, -0.05) is 60.7 Å². The van der Waals surface area contributed by atoms with Crippen molar-refractivity contribution in [3.63, 3.8) is 0 Å². The Morgan fingerprint density at radius 1 is 0.579 bits per heavy atom. The lowest BCUT2D eigenvalue weighted by Crippen LogP contribution is -1.85. The average molecular weight is 246 g/mol. The lowest BCUT2D eigenvalue weighted by molar-refractivity contribution is 1.38. The second-order valence-electron chi connectivity index (χ2n) is 5.12. The summed E-state index contributed by atoms with van der Waals surface area (Å²) in [6.07, 6.45) is 1.05. The highest BCUT2D eigenvalue weighted by Crippen LogP contribution is 2.42. The van der Waals surface area contributed by atoms with Gasteiger partial charge in [0.05, 0.1) is 0 Å². The topological polar surface area (TPSA) is 0 Å². The van der Waals surface area contributed by atoms with Crippen molar-refractivity contribution in [3.05, 3.63) is 82.9 Å². The van der Waals surface area contributed by atoms with E-state index in [0.717, 1.165) is 6.42 Å². The van der Waals surface area contributed by atoms with Crippen LogP contribution in [-0.2, 0) is 0 Å². The Bertz CT molecular complexity index is 583. The van der Waals surface area contributed by atoms with Crippen molar-refractivity contribution in [2.24, 2.45) is 0 Å². The van der Waals surface area contributed by atoms with Crippen molar-refractivity contribution in [2.75, 3.05) is 0 Å². The van der Waals surface area contributed by atoms with Gasteiger partial charge in [-0.3, -0.25) is 0 Å². The van der Waals surface area contributed by atoms with E-state index in [9.17, 15) is 0 Å². The van der Waals surface area contributed by atoms with Crippen LogP contribution in [0.15, 0.2) is 71.8 Å². The van der Waals surface area contributed by atoms with Crippen molar-refractivity contribution in [2.45, 2.75) is 20.3 Å². The van der Waals surface area contributed by atoms with Gasteiger partial charge in [-0.25, -0.2) is 0 Å². The minimum absolute atomic E-state index is 1.05. The van der Waals surface area contributed by atoms with Crippen LogP contribution >= 0.6 is 0 Å². The van der Waals surface area contributed by atoms with E-state index < -0.39 is 0 Å². The molecule has 0 nitrogen and oxygen atoms in total. The van der Waals surface area contributed by atoms with Gasteiger partial charge in [0.1, 0.15) is 0 Å². The third-order valence-electron chi connectivity index (χ3n) is 4.07. The van der Waals surface area contributed by atoms with Crippen molar-refractivity contribution in [1.29, 1.82) is 0 Å². The van der Waals surface area contributed by atoms with E-state index in [1.54, 1.807) is 0 Å². The molecule has 0 aromatic heterocycles. The predicted octanol–water partition coefficient (Wildman–Crippen LogP) is 5.34. The van der Waals surface area contributed by atoms with Gasteiger partial charge in [-0.15, -0.1) is 0 Å². The van der Waals surface area contributed by atoms with Crippen LogP contribution in [0.1, 0.15) is 31.4 Å². The van der Waals surface area contributed by atoms with Gasteiger partial charge in [-0.05, 0) is 53.7 Å². The SMILES string of the molecule is CC1=C(c2ccccc2)CC(c2ccccc2)=C1C. The highest BCUT2D eigenvalue weighted by Gasteiger charge is 2.20. The molecular formula is C19H18. The first-order valence-corrected chi connectivity index (χ1v) is 6.78. The molecule has 1 aliphatic carbocycles. The van der Waals surface area contributed by atoms with Crippen LogP contribution in [0.2, 0.25) is 0 Å². The molecule has 0 saturated heterocycles. The maximum absolute atomic E-state index is 2.24. The molecule has 0 heterocycles. The summed E-state index contributed by atoms with van der Waals surface area (Å²) in [7, 11) is 0. The molecule has 0 fully saturated rings. The van der Waals surface area contributed by atoms with Crippen LogP contribution in [0, 0.1) is 0 Å². The maximum Gasteiger partial charge on any atom is -0.000844 e. The number of rotatable bonds is 2. The first kappa shape index (κ1) is 12.0. The first-order valence-electron chi connectivity index (χ1n) is 6.78. The molecule has 0 heteroatoms. The number of benzene rings is 2. The standard InChI is InChI=1S/C19H18/c1-14-15(2)19(17-11-7-4-8-12-17)13-18(14)16-9-5-3-6-10-16/h3-12H,13H2,1-2H3. The fraction of sp³-hybridized carbons (Fsp3) is 0.158. The van der Waals surface area contributed by atoms with Gasteiger partial charge in [0.2, 0.25) is 0 Å². The van der Waals surface area contributed by atoms with Crippen LogP contribution in [-0.4, -0.2) is 0 Å². The molecule has 1 aliphatic rings. The van der Waals surface area contributed by atoms with Gasteiger partial charge in [0.25, 0.3) is 0 Å². The third-order valence-corrected chi connectivity index (χ3v) is 4.07. The van der Waals surface area contributed by atoms with Crippen molar-refractivity contribution < 1.29 is 0 Å². The third kappa shape index (κ3) is 2.15. The Morgan fingerprint density at radius 3 is 1.32 bits per heavy atom. The van der Waals surface area contributed by atoms with E-state index in [-0.39, 0.29) is 0 Å². The molecule has 0 N–H and O–H groups in total. The minimum Gasteiger partial charge on any atom is -0.0622 e. The van der Waals surface area contributed by atoms with E-state index in [0.29, 0.717) is 0 Å². The molecule has 0 amide bonds. The summed E-state index contributed by atoms with van der Waals surface area (Å²) in [5, 5.41) is 0. The molecule has 0 spiro atoms. The zero-order chi connectivity index (χ0) is 13.2. The Hall–Kier alpha value is -2.08. The molecule has 0 atom stereocenters. The molecule has 94 valence electrons. The van der Waals surface area contributed by atoms with E-state index in [2.05, 4.69) is 74.5 Å². The Labute approximate surface area is 115 Å². The summed E-state index contributed by atoms with van der Waals surface area (Å²) in [6, 6.07) is 21.5. The van der Waals surface area contributed by atoms with E-state index in [1.165, 1.54) is 33.4 Å². The Kier molecular flexibility index (Phi) is 3.08. The number of hydrogen-bond donors (Lipinski definition) is 0. The lowest BCUT2D eigenvalue weighted by Gasteiger charge is -2.06. The second-order valence-corrected chi connectivity index (χ2v) is 5.12. The molecule has 2 aromatic rings. The van der Waals surface area contributed by atoms with Crippen LogP contribution in [0.25, 0.3) is 11.1 Å². The van der Waals surface area contributed by atoms with Crippen LogP contribution in [0.4, 0.5) is 0 Å². The fourth-order valence-corrected chi connectivity index (χ4v) is 2.81. The summed E-state index contributed by atoms with van der Waals surface area (Å²) in [5.74, 6) is 0. The van der Waals surface area contributed by atoms with E-state index >= 15 is 0 Å². The smallest absolute Gasteiger partial charge is 0.000844 e. The Morgan fingerprint density at radius 2 is 0.947 bits per heavy atom. The first-order chi connectivity index (χ1) is 9.27. The summed E-state index contributed by atoms with van der Waals surface area (Å²) >= 11 is 0. The van der Waals surface area contributed by atoms with Crippen molar-refractivity contribution in [1.82, 2.24) is 0 Å². The van der Waals surface area contributed by atoms with Gasteiger partial charge in [0, 0.05) is 0 Å². The molecule has 19 heavy (non-hydrogen) atoms. The lowest BCUT2D eigenvalue weighted by atomic mass is 9.98. The highest BCUT2D eigenvalue weighted by molar-refractivity contribution is 5.91. The average Bonchev–Trinajstić information content (AvgIpc) is 2.77. The normalized spacial score (nSPS) is 15.3. The van der Waals surface area contributed by atoms with Gasteiger partial charge < -0.3 is 0 Å². The monoisotopic (exact) mass is 246 g/mol. The second kappa shape index (κ2) is 4.89. The zero-order valence-electron chi connectivity index (χ0n) is 11.5. The summed E-state index contributed by atoms with van der Waals surface area (Å²) in [5.41, 5.74) is 8.51. The largest absolute Gasteiger partial charge is 0.0622 e. The van der Waals surface area contributed by atoms with Gasteiger partial charge >= 0.3 is 0 Å². The molecule has 3 rings (SSSR count). The molecule has 0 unspecified atom stereocenters. The summed E-state index contributed by atoms with van der Waals surface area (Å²) in [4.78, 5) is 0. The molecule has 2 aromatic carbocycles. The minimum atomic E-state index is 1.05. The molecule has 0 radical (unpaired) electrons. The molecule has 0 aliphatic heterocycles. The quantitative estimate of drug-likeness (QED) is 0.671. The molecule has 0 saturated carbocycles. The number of hydrogen-bond acceptors (Lipinski definition) is 0. The van der Waals surface area contributed by atoms with Crippen molar-refractivity contribution in [3.8, 4) is 0 Å². The van der Waals surface area contributed by atoms with E-state index in [4.69, 9.17) is 0 Å². The zero-order valence-corrected chi connectivity index (χ0v) is 11.5. The Balaban J connectivity index is 1.99.